The maximum absolute atomic E-state index is 13.0. The van der Waals surface area contributed by atoms with Gasteiger partial charge in [-0.2, -0.15) is 0 Å². The van der Waals surface area contributed by atoms with Gasteiger partial charge in [-0.1, -0.05) is 65.0 Å². The third kappa shape index (κ3) is 10.9. The summed E-state index contributed by atoms with van der Waals surface area (Å²) in [5.74, 6) is -1.00. The minimum absolute atomic E-state index is 0.0453. The zero-order valence-corrected chi connectivity index (χ0v) is 31.8. The van der Waals surface area contributed by atoms with Crippen LogP contribution < -0.4 is 5.32 Å². The average Bonchev–Trinajstić information content (AvgIpc) is 3.70. The quantitative estimate of drug-likeness (QED) is 0.0815. The molecule has 1 aromatic heterocycles. The van der Waals surface area contributed by atoms with Crippen molar-refractivity contribution in [1.29, 1.82) is 0 Å². The maximum atomic E-state index is 13.0. The molecule has 10 atom stereocenters. The highest BCUT2D eigenvalue weighted by atomic mass is 16.6. The van der Waals surface area contributed by atoms with Gasteiger partial charge in [0.05, 0.1) is 36.4 Å². The molecule has 10 nitrogen and oxygen atoms in total. The summed E-state index contributed by atoms with van der Waals surface area (Å²) in [6, 6.07) is 7.86. The van der Waals surface area contributed by atoms with Crippen LogP contribution >= 0.6 is 0 Å². The predicted octanol–water partition coefficient (Wildman–Crippen LogP) is 6.31. The Morgan fingerprint density at radius 3 is 2.65 bits per heavy atom. The Kier molecular flexibility index (Phi) is 13.9. The largest absolute Gasteiger partial charge is 0.458 e. The van der Waals surface area contributed by atoms with Gasteiger partial charge in [-0.3, -0.25) is 9.59 Å². The Balaban J connectivity index is 1.57. The minimum atomic E-state index is -1.31. The molecule has 0 bridgehead atoms. The van der Waals surface area contributed by atoms with E-state index in [-0.39, 0.29) is 42.5 Å². The van der Waals surface area contributed by atoms with E-state index in [1.54, 1.807) is 26.2 Å². The number of aliphatic hydroxyl groups excluding tert-OH is 1. The van der Waals surface area contributed by atoms with Crippen LogP contribution in [0.2, 0.25) is 0 Å². The fraction of sp³-hybridized carbons (Fsp3) is 0.610. The summed E-state index contributed by atoms with van der Waals surface area (Å²) in [6.07, 6.45) is 10.4. The summed E-state index contributed by atoms with van der Waals surface area (Å²) in [4.78, 5) is 28.2. The highest BCUT2D eigenvalue weighted by molar-refractivity contribution is 5.79. The first-order chi connectivity index (χ1) is 24.1. The van der Waals surface area contributed by atoms with E-state index in [9.17, 15) is 19.8 Å². The molecule has 0 saturated carbocycles. The van der Waals surface area contributed by atoms with E-state index < -0.39 is 41.3 Å². The molecule has 0 radical (unpaired) electrons. The number of ether oxygens (including phenoxy) is 4. The van der Waals surface area contributed by atoms with E-state index in [0.717, 1.165) is 28.5 Å². The molecule has 282 valence electrons. The summed E-state index contributed by atoms with van der Waals surface area (Å²) in [6.45, 7) is 15.7. The van der Waals surface area contributed by atoms with Gasteiger partial charge in [0.25, 0.3) is 0 Å². The van der Waals surface area contributed by atoms with E-state index >= 15 is 0 Å². The number of hydrogen-bond donors (Lipinski definition) is 4. The second kappa shape index (κ2) is 17.5. The third-order valence-electron chi connectivity index (χ3n) is 10.6. The van der Waals surface area contributed by atoms with Crippen molar-refractivity contribution in [3.63, 3.8) is 0 Å². The topological polar surface area (TPSA) is 143 Å². The van der Waals surface area contributed by atoms with Crippen molar-refractivity contribution in [2.75, 3.05) is 7.11 Å². The second-order valence-corrected chi connectivity index (χ2v) is 15.4. The van der Waals surface area contributed by atoms with Gasteiger partial charge in [-0.25, -0.2) is 0 Å². The van der Waals surface area contributed by atoms with Crippen LogP contribution in [-0.4, -0.2) is 82.5 Å². The molecule has 1 fully saturated rings. The normalized spacial score (nSPS) is 29.0. The number of carbonyl (C=O) groups is 2. The van der Waals surface area contributed by atoms with Gasteiger partial charge < -0.3 is 39.5 Å². The van der Waals surface area contributed by atoms with Crippen molar-refractivity contribution >= 4 is 22.8 Å². The zero-order chi connectivity index (χ0) is 37.5. The van der Waals surface area contributed by atoms with Crippen molar-refractivity contribution in [3.8, 4) is 0 Å². The number of methoxy groups -OCH3 is 1. The summed E-state index contributed by atoms with van der Waals surface area (Å²) < 4.78 is 23.6. The smallest absolute Gasteiger partial charge is 0.309 e. The molecule has 10 unspecified atom stereocenters. The molecule has 51 heavy (non-hydrogen) atoms. The molecule has 3 heterocycles. The van der Waals surface area contributed by atoms with Gasteiger partial charge in [0.15, 0.2) is 0 Å². The van der Waals surface area contributed by atoms with Crippen LogP contribution in [0.1, 0.15) is 86.6 Å². The maximum Gasteiger partial charge on any atom is 0.309 e. The number of epoxide rings is 1. The summed E-state index contributed by atoms with van der Waals surface area (Å²) in [5.41, 5.74) is 1.14. The standard InChI is InChI=1S/C41H60N2O8/c1-10-33(48-9)27(4)37-38(51-37)39(43-24-29-14-15-32-30(22-29)18-21-42-32)41(8,47)19-11-12-25(2)36-26(3)13-16-34(49-28(5)44)40(6,7)20-17-31(45)23-35(46)50-36/h11-16,18-19,21-22,26-27,31,33-34,36-39,42-43,45,47H,10,17,20,23-24H2,1-9H3. The number of carbonyl (C=O) groups excluding carboxylic acids is 2. The van der Waals surface area contributed by atoms with Gasteiger partial charge in [-0.05, 0) is 73.9 Å². The second-order valence-electron chi connectivity index (χ2n) is 15.4. The Bertz CT molecular complexity index is 1550. The van der Waals surface area contributed by atoms with Crippen molar-refractivity contribution in [1.82, 2.24) is 10.3 Å². The summed E-state index contributed by atoms with van der Waals surface area (Å²) in [5, 5.41) is 27.4. The third-order valence-corrected chi connectivity index (χ3v) is 10.6. The minimum Gasteiger partial charge on any atom is -0.458 e. The van der Waals surface area contributed by atoms with Crippen molar-refractivity contribution in [2.24, 2.45) is 17.3 Å². The molecule has 2 aliphatic rings. The van der Waals surface area contributed by atoms with Crippen molar-refractivity contribution < 1.29 is 38.7 Å². The number of hydrogen-bond acceptors (Lipinski definition) is 9. The molecule has 4 rings (SSSR count). The summed E-state index contributed by atoms with van der Waals surface area (Å²) in [7, 11) is 1.72. The Morgan fingerprint density at radius 1 is 1.22 bits per heavy atom. The van der Waals surface area contributed by atoms with E-state index in [1.165, 1.54) is 6.92 Å². The number of fused-ring (bicyclic) bond motifs is 1. The molecular formula is C41H60N2O8. The molecular weight excluding hydrogens is 648 g/mol. The van der Waals surface area contributed by atoms with Gasteiger partial charge >= 0.3 is 11.9 Å². The number of cyclic esters (lactones) is 1. The number of esters is 2. The first kappa shape index (κ1) is 40.5. The lowest BCUT2D eigenvalue weighted by atomic mass is 9.80. The van der Waals surface area contributed by atoms with Crippen LogP contribution in [0.15, 0.2) is 66.4 Å². The fourth-order valence-electron chi connectivity index (χ4n) is 7.28. The molecule has 2 aliphatic heterocycles. The number of nitrogens with one attached hydrogen (secondary N) is 2. The Morgan fingerprint density at radius 2 is 1.96 bits per heavy atom. The van der Waals surface area contributed by atoms with Crippen molar-refractivity contribution in [2.45, 2.75) is 136 Å². The van der Waals surface area contributed by atoms with E-state index in [0.29, 0.717) is 19.4 Å². The number of aromatic nitrogens is 1. The monoisotopic (exact) mass is 708 g/mol. The van der Waals surface area contributed by atoms with E-state index in [1.807, 2.05) is 58.2 Å². The fourth-order valence-corrected chi connectivity index (χ4v) is 7.28. The van der Waals surface area contributed by atoms with Crippen LogP contribution in [0.4, 0.5) is 0 Å². The summed E-state index contributed by atoms with van der Waals surface area (Å²) >= 11 is 0. The number of aliphatic hydroxyl groups is 2. The van der Waals surface area contributed by atoms with Crippen LogP contribution in [0.5, 0.6) is 0 Å². The number of H-pyrrole nitrogens is 1. The lowest BCUT2D eigenvalue weighted by molar-refractivity contribution is -0.151. The van der Waals surface area contributed by atoms with Gasteiger partial charge in [0.2, 0.25) is 0 Å². The highest BCUT2D eigenvalue weighted by Crippen LogP contribution is 2.39. The van der Waals surface area contributed by atoms with Crippen LogP contribution in [0.25, 0.3) is 10.9 Å². The molecule has 0 amide bonds. The highest BCUT2D eigenvalue weighted by Gasteiger charge is 2.54. The molecule has 2 aromatic rings. The SMILES string of the molecule is CCC(OC)C(C)C1OC1C(NCc1ccc2[nH]ccc2c1)C(C)(O)C=CC=C(C)C1OC(=O)CC(O)CCC(C)(C)C(OC(C)=O)C=CC1C. The first-order valence-electron chi connectivity index (χ1n) is 18.3. The van der Waals surface area contributed by atoms with Crippen LogP contribution in [-0.2, 0) is 35.1 Å². The molecule has 1 aromatic carbocycles. The first-order valence-corrected chi connectivity index (χ1v) is 18.3. The van der Waals surface area contributed by atoms with E-state index in [4.69, 9.17) is 18.9 Å². The lowest BCUT2D eigenvalue weighted by Gasteiger charge is -2.33. The number of rotatable bonds is 13. The molecule has 4 N–H and O–H groups in total. The number of benzene rings is 1. The molecule has 0 aliphatic carbocycles. The lowest BCUT2D eigenvalue weighted by Crippen LogP contribution is -2.52. The van der Waals surface area contributed by atoms with Crippen molar-refractivity contribution in [3.05, 3.63) is 72.0 Å². The van der Waals surface area contributed by atoms with E-state index in [2.05, 4.69) is 42.3 Å². The van der Waals surface area contributed by atoms with Gasteiger partial charge in [0.1, 0.15) is 18.3 Å². The van der Waals surface area contributed by atoms with Gasteiger partial charge in [0, 0.05) is 49.5 Å². The number of aromatic amines is 1. The molecule has 0 spiro atoms. The van der Waals surface area contributed by atoms with Crippen LogP contribution in [0.3, 0.4) is 0 Å². The average molecular weight is 709 g/mol. The van der Waals surface area contributed by atoms with Gasteiger partial charge in [-0.15, -0.1) is 0 Å². The molecule has 10 heteroatoms. The van der Waals surface area contributed by atoms with Crippen LogP contribution in [0, 0.1) is 17.3 Å². The predicted molar refractivity (Wildman–Crippen MR) is 199 cm³/mol. The zero-order valence-electron chi connectivity index (χ0n) is 31.8. The molecule has 1 saturated heterocycles. The number of allylic oxidation sites excluding steroid dienone is 2. The Labute approximate surface area is 303 Å². The Hall–Kier alpha value is -3.28.